The van der Waals surface area contributed by atoms with Crippen LogP contribution in [0.4, 0.5) is 0 Å². The van der Waals surface area contributed by atoms with E-state index in [1.807, 2.05) is 4.90 Å². The molecular weight excluding hydrogens is 308 g/mol. The summed E-state index contributed by atoms with van der Waals surface area (Å²) in [5.74, 6) is 0.605. The van der Waals surface area contributed by atoms with Gasteiger partial charge in [-0.1, -0.05) is 30.4 Å². The lowest BCUT2D eigenvalue weighted by Gasteiger charge is -2.34. The van der Waals surface area contributed by atoms with Crippen molar-refractivity contribution in [1.29, 1.82) is 0 Å². The fourth-order valence-corrected chi connectivity index (χ4v) is 3.03. The Kier molecular flexibility index (Phi) is 6.84. The first-order valence-corrected chi connectivity index (χ1v) is 8.11. The fourth-order valence-electron chi connectivity index (χ4n) is 3.03. The van der Waals surface area contributed by atoms with Gasteiger partial charge in [-0.05, 0) is 63.1 Å². The Hall–Kier alpha value is -1.32. The minimum Gasteiger partial charge on any atom is -0.341 e. The van der Waals surface area contributed by atoms with E-state index in [-0.39, 0.29) is 18.3 Å². The summed E-state index contributed by atoms with van der Waals surface area (Å²) in [4.78, 5) is 14.1. The molecule has 1 aromatic rings. The van der Waals surface area contributed by atoms with E-state index < -0.39 is 5.54 Å². The average molecular weight is 337 g/mol. The maximum absolute atomic E-state index is 12.2. The van der Waals surface area contributed by atoms with Gasteiger partial charge >= 0.3 is 0 Å². The standard InChI is InChI=1S/C19H28N2O.ClH/c1-14-6-5-7-15(2)17(14)9-8-16-10-12-21(13-11-16)18(22)19(3,4)20;/h5-9,16H,10-13,20H2,1-4H3;1H. The second-order valence-corrected chi connectivity index (χ2v) is 7.02. The Morgan fingerprint density at radius 1 is 1.22 bits per heavy atom. The van der Waals surface area contributed by atoms with Crippen molar-refractivity contribution in [1.82, 2.24) is 4.90 Å². The van der Waals surface area contributed by atoms with E-state index in [4.69, 9.17) is 5.73 Å². The normalized spacial score (nSPS) is 16.5. The first-order valence-electron chi connectivity index (χ1n) is 8.11. The topological polar surface area (TPSA) is 46.3 Å². The van der Waals surface area contributed by atoms with Crippen LogP contribution in [0.5, 0.6) is 0 Å². The molecular formula is C19H29ClN2O. The molecule has 0 spiro atoms. The fraction of sp³-hybridized carbons (Fsp3) is 0.526. The summed E-state index contributed by atoms with van der Waals surface area (Å²) in [7, 11) is 0. The zero-order valence-corrected chi connectivity index (χ0v) is 15.5. The molecule has 3 nitrogen and oxygen atoms in total. The zero-order chi connectivity index (χ0) is 16.3. The Labute approximate surface area is 146 Å². The second kappa shape index (κ2) is 7.98. The molecule has 0 radical (unpaired) electrons. The summed E-state index contributed by atoms with van der Waals surface area (Å²) in [5.41, 5.74) is 9.09. The van der Waals surface area contributed by atoms with Crippen molar-refractivity contribution in [2.75, 3.05) is 13.1 Å². The van der Waals surface area contributed by atoms with Crippen LogP contribution in [0, 0.1) is 19.8 Å². The van der Waals surface area contributed by atoms with Crippen LogP contribution in [-0.2, 0) is 4.79 Å². The van der Waals surface area contributed by atoms with E-state index in [1.54, 1.807) is 13.8 Å². The molecule has 0 aromatic heterocycles. The Balaban J connectivity index is 0.00000264. The molecule has 1 aliphatic rings. The highest BCUT2D eigenvalue weighted by Crippen LogP contribution is 2.23. The average Bonchev–Trinajstić information content (AvgIpc) is 2.46. The third-order valence-corrected chi connectivity index (χ3v) is 4.46. The van der Waals surface area contributed by atoms with Gasteiger partial charge in [-0.2, -0.15) is 0 Å². The Bertz CT molecular complexity index is 547. The minimum atomic E-state index is -0.763. The summed E-state index contributed by atoms with van der Waals surface area (Å²) in [6.07, 6.45) is 6.59. The van der Waals surface area contributed by atoms with Crippen molar-refractivity contribution in [3.63, 3.8) is 0 Å². The number of nitrogens with zero attached hydrogens (tertiary/aromatic N) is 1. The van der Waals surface area contributed by atoms with Crippen molar-refractivity contribution in [3.8, 4) is 0 Å². The van der Waals surface area contributed by atoms with Crippen molar-refractivity contribution in [2.24, 2.45) is 11.7 Å². The van der Waals surface area contributed by atoms with Crippen LogP contribution in [0.25, 0.3) is 6.08 Å². The number of allylic oxidation sites excluding steroid dienone is 1. The highest BCUT2D eigenvalue weighted by atomic mass is 35.5. The molecule has 0 unspecified atom stereocenters. The third kappa shape index (κ3) is 5.08. The van der Waals surface area contributed by atoms with Crippen LogP contribution in [0.15, 0.2) is 24.3 Å². The number of aryl methyl sites for hydroxylation is 2. The monoisotopic (exact) mass is 336 g/mol. The van der Waals surface area contributed by atoms with Crippen LogP contribution < -0.4 is 5.73 Å². The summed E-state index contributed by atoms with van der Waals surface area (Å²) in [5, 5.41) is 0. The number of halogens is 1. The van der Waals surface area contributed by atoms with Crippen LogP contribution in [-0.4, -0.2) is 29.4 Å². The quantitative estimate of drug-likeness (QED) is 0.914. The van der Waals surface area contributed by atoms with E-state index in [9.17, 15) is 4.79 Å². The smallest absolute Gasteiger partial charge is 0.242 e. The summed E-state index contributed by atoms with van der Waals surface area (Å²) >= 11 is 0. The molecule has 1 aromatic carbocycles. The number of piperidine rings is 1. The van der Waals surface area contributed by atoms with E-state index >= 15 is 0 Å². The zero-order valence-electron chi connectivity index (χ0n) is 14.6. The van der Waals surface area contributed by atoms with Crippen LogP contribution >= 0.6 is 12.4 Å². The van der Waals surface area contributed by atoms with E-state index in [2.05, 4.69) is 44.2 Å². The number of carbonyl (C=O) groups is 1. The van der Waals surface area contributed by atoms with Gasteiger partial charge in [-0.3, -0.25) is 4.79 Å². The van der Waals surface area contributed by atoms with Crippen LogP contribution in [0.2, 0.25) is 0 Å². The molecule has 0 saturated carbocycles. The summed E-state index contributed by atoms with van der Waals surface area (Å²) < 4.78 is 0. The predicted octanol–water partition coefficient (Wildman–Crippen LogP) is 3.71. The molecule has 1 aliphatic heterocycles. The van der Waals surface area contributed by atoms with Crippen molar-refractivity contribution < 1.29 is 4.79 Å². The molecule has 0 atom stereocenters. The molecule has 0 bridgehead atoms. The number of hydrogen-bond acceptors (Lipinski definition) is 2. The maximum atomic E-state index is 12.2. The van der Waals surface area contributed by atoms with Crippen molar-refractivity contribution >= 4 is 24.4 Å². The minimum absolute atomic E-state index is 0. The van der Waals surface area contributed by atoms with E-state index in [0.717, 1.165) is 25.9 Å². The molecule has 128 valence electrons. The number of carbonyl (C=O) groups excluding carboxylic acids is 1. The summed E-state index contributed by atoms with van der Waals surface area (Å²) in [6.45, 7) is 9.47. The molecule has 0 aliphatic carbocycles. The molecule has 1 fully saturated rings. The molecule has 23 heavy (non-hydrogen) atoms. The van der Waals surface area contributed by atoms with Gasteiger partial charge in [0.15, 0.2) is 0 Å². The number of amides is 1. The molecule has 1 saturated heterocycles. The first kappa shape index (κ1) is 19.7. The SMILES string of the molecule is Cc1cccc(C)c1C=CC1CCN(C(=O)C(C)(C)N)CC1.Cl. The Morgan fingerprint density at radius 2 is 1.74 bits per heavy atom. The van der Waals surface area contributed by atoms with E-state index in [1.165, 1.54) is 16.7 Å². The highest BCUT2D eigenvalue weighted by molar-refractivity contribution is 5.85. The van der Waals surface area contributed by atoms with Gasteiger partial charge in [-0.25, -0.2) is 0 Å². The molecule has 1 amide bonds. The number of likely N-dealkylation sites (tertiary alicyclic amines) is 1. The second-order valence-electron chi connectivity index (χ2n) is 7.02. The van der Waals surface area contributed by atoms with Crippen LogP contribution in [0.1, 0.15) is 43.4 Å². The van der Waals surface area contributed by atoms with Gasteiger partial charge in [0, 0.05) is 13.1 Å². The molecule has 1 heterocycles. The van der Waals surface area contributed by atoms with Crippen molar-refractivity contribution in [2.45, 2.75) is 46.1 Å². The highest BCUT2D eigenvalue weighted by Gasteiger charge is 2.30. The first-order chi connectivity index (χ1) is 10.3. The van der Waals surface area contributed by atoms with Gasteiger partial charge in [0.05, 0.1) is 5.54 Å². The number of rotatable bonds is 3. The summed E-state index contributed by atoms with van der Waals surface area (Å²) in [6, 6.07) is 6.40. The molecule has 2 rings (SSSR count). The Morgan fingerprint density at radius 3 is 2.22 bits per heavy atom. The van der Waals surface area contributed by atoms with Gasteiger partial charge in [0.1, 0.15) is 0 Å². The number of benzene rings is 1. The van der Waals surface area contributed by atoms with E-state index in [0.29, 0.717) is 5.92 Å². The molecule has 4 heteroatoms. The maximum Gasteiger partial charge on any atom is 0.242 e. The lowest BCUT2D eigenvalue weighted by atomic mass is 9.93. The third-order valence-electron chi connectivity index (χ3n) is 4.46. The predicted molar refractivity (Wildman–Crippen MR) is 99.8 cm³/mol. The number of hydrogen-bond donors (Lipinski definition) is 1. The number of nitrogens with two attached hydrogens (primary N) is 1. The van der Waals surface area contributed by atoms with Gasteiger partial charge < -0.3 is 10.6 Å². The lowest BCUT2D eigenvalue weighted by Crippen LogP contribution is -2.53. The van der Waals surface area contributed by atoms with Gasteiger partial charge in [-0.15, -0.1) is 12.4 Å². The van der Waals surface area contributed by atoms with Gasteiger partial charge in [0.2, 0.25) is 5.91 Å². The largest absolute Gasteiger partial charge is 0.341 e. The molecule has 2 N–H and O–H groups in total. The van der Waals surface area contributed by atoms with Crippen LogP contribution in [0.3, 0.4) is 0 Å². The van der Waals surface area contributed by atoms with Gasteiger partial charge in [0.25, 0.3) is 0 Å². The van der Waals surface area contributed by atoms with Crippen molar-refractivity contribution in [3.05, 3.63) is 41.0 Å². The lowest BCUT2D eigenvalue weighted by molar-refractivity contribution is -0.137.